The zero-order valence-electron chi connectivity index (χ0n) is 20.6. The minimum absolute atomic E-state index is 0.0331. The van der Waals surface area contributed by atoms with Crippen LogP contribution in [0.1, 0.15) is 77.0 Å². The summed E-state index contributed by atoms with van der Waals surface area (Å²) in [7, 11) is 1.80. The van der Waals surface area contributed by atoms with Crippen molar-refractivity contribution < 1.29 is 19.2 Å². The van der Waals surface area contributed by atoms with Crippen LogP contribution in [0.5, 0.6) is 0 Å². The first-order chi connectivity index (χ1) is 16.6. The van der Waals surface area contributed by atoms with Crippen LogP contribution in [0.15, 0.2) is 0 Å². The van der Waals surface area contributed by atoms with E-state index < -0.39 is 0 Å². The molecule has 6 N–H and O–H groups in total. The van der Waals surface area contributed by atoms with E-state index in [9.17, 15) is 9.59 Å². The predicted molar refractivity (Wildman–Crippen MR) is 128 cm³/mol. The number of nitrogens with one attached hydrogen (secondary N) is 6. The molecule has 5 atom stereocenters. The molecule has 2 aliphatic carbocycles. The van der Waals surface area contributed by atoms with E-state index in [0.29, 0.717) is 30.9 Å². The zero-order valence-corrected chi connectivity index (χ0v) is 20.6. The van der Waals surface area contributed by atoms with Crippen LogP contribution < -0.4 is 32.3 Å². The second kappa shape index (κ2) is 13.1. The highest BCUT2D eigenvalue weighted by molar-refractivity contribution is 5.79. The quantitative estimate of drug-likeness (QED) is 0.242. The van der Waals surface area contributed by atoms with E-state index >= 15 is 0 Å². The van der Waals surface area contributed by atoms with Gasteiger partial charge in [0.1, 0.15) is 6.23 Å². The molecule has 34 heavy (non-hydrogen) atoms. The van der Waals surface area contributed by atoms with Gasteiger partial charge >= 0.3 is 0 Å². The molecule has 194 valence electrons. The van der Waals surface area contributed by atoms with Crippen molar-refractivity contribution in [1.29, 1.82) is 0 Å². The first-order valence-corrected chi connectivity index (χ1v) is 13.4. The van der Waals surface area contributed by atoms with Crippen molar-refractivity contribution in [3.63, 3.8) is 0 Å². The summed E-state index contributed by atoms with van der Waals surface area (Å²) in [5, 5.41) is 10.1. The predicted octanol–water partition coefficient (Wildman–Crippen LogP) is 1.00. The van der Waals surface area contributed by atoms with Crippen molar-refractivity contribution in [2.45, 2.75) is 102 Å². The third kappa shape index (κ3) is 7.11. The Kier molecular flexibility index (Phi) is 9.96. The molecular formula is C24H44N6O4. The molecule has 2 heterocycles. The maximum Gasteiger partial charge on any atom is 0.237 e. The molecule has 2 amide bonds. The van der Waals surface area contributed by atoms with E-state index in [4.69, 9.17) is 9.57 Å². The number of rotatable bonds is 11. The maximum absolute atomic E-state index is 12.2. The average Bonchev–Trinajstić information content (AvgIpc) is 3.34. The molecule has 0 aromatic rings. The van der Waals surface area contributed by atoms with Crippen LogP contribution in [0.4, 0.5) is 0 Å². The summed E-state index contributed by atoms with van der Waals surface area (Å²) >= 11 is 0. The summed E-state index contributed by atoms with van der Waals surface area (Å²) in [4.78, 5) is 29.9. The summed E-state index contributed by atoms with van der Waals surface area (Å²) in [6.45, 7) is 1.46. The van der Waals surface area contributed by atoms with E-state index in [2.05, 4.69) is 32.3 Å². The monoisotopic (exact) mass is 480 g/mol. The molecule has 0 bridgehead atoms. The number of hydroxylamine groups is 1. The number of fused-ring (bicyclic) bond motifs is 1. The largest absolute Gasteiger partial charge is 0.381 e. The molecule has 10 nitrogen and oxygen atoms in total. The van der Waals surface area contributed by atoms with Crippen molar-refractivity contribution in [3.8, 4) is 0 Å². The lowest BCUT2D eigenvalue weighted by Crippen LogP contribution is -2.64. The lowest BCUT2D eigenvalue weighted by Gasteiger charge is -2.41. The van der Waals surface area contributed by atoms with Crippen molar-refractivity contribution >= 4 is 11.8 Å². The van der Waals surface area contributed by atoms with Gasteiger partial charge in [-0.3, -0.25) is 25.2 Å². The van der Waals surface area contributed by atoms with Crippen LogP contribution in [0.3, 0.4) is 0 Å². The Bertz CT molecular complexity index is 659. The van der Waals surface area contributed by atoms with Crippen molar-refractivity contribution in [2.24, 2.45) is 17.8 Å². The number of hydrogen-bond acceptors (Lipinski definition) is 8. The minimum atomic E-state index is -0.0331. The van der Waals surface area contributed by atoms with E-state index in [1.54, 1.807) is 7.11 Å². The standard InChI is InChI=1S/C24H44N6O4/c1-33-17-12-10-16(11-13-17)22-27-21(34-30-22)9-4-8-20(31)25-14-5-15-26-23-18-6-2-3-7-19(18)24(32)29-28-23/h16-19,21-23,26-28,30H,2-15H2,1H3,(H,25,31)(H,29,32). The third-order valence-electron chi connectivity index (χ3n) is 8.07. The third-order valence-corrected chi connectivity index (χ3v) is 8.07. The summed E-state index contributed by atoms with van der Waals surface area (Å²) in [6, 6.07) is 0. The number of methoxy groups -OCH3 is 1. The number of hydrogen-bond donors (Lipinski definition) is 6. The Morgan fingerprint density at radius 3 is 2.74 bits per heavy atom. The molecule has 0 aromatic carbocycles. The molecule has 4 fully saturated rings. The second-order valence-corrected chi connectivity index (χ2v) is 10.4. The molecule has 0 radical (unpaired) electrons. The van der Waals surface area contributed by atoms with Gasteiger partial charge in [0.15, 0.2) is 0 Å². The number of amides is 2. The lowest BCUT2D eigenvalue weighted by molar-refractivity contribution is -0.134. The highest BCUT2D eigenvalue weighted by Gasteiger charge is 2.39. The maximum atomic E-state index is 12.2. The molecular weight excluding hydrogens is 436 g/mol. The Morgan fingerprint density at radius 1 is 1.09 bits per heavy atom. The van der Waals surface area contributed by atoms with E-state index in [-0.39, 0.29) is 36.3 Å². The van der Waals surface area contributed by atoms with Gasteiger partial charge < -0.3 is 15.4 Å². The Balaban J connectivity index is 1.02. The fourth-order valence-electron chi connectivity index (χ4n) is 6.00. The first kappa shape index (κ1) is 25.8. The van der Waals surface area contributed by atoms with Gasteiger partial charge in [0, 0.05) is 31.9 Å². The van der Waals surface area contributed by atoms with Crippen LogP contribution in [0, 0.1) is 17.8 Å². The first-order valence-electron chi connectivity index (χ1n) is 13.4. The van der Waals surface area contributed by atoms with Crippen LogP contribution >= 0.6 is 0 Å². The van der Waals surface area contributed by atoms with Crippen molar-refractivity contribution in [1.82, 2.24) is 32.3 Å². The van der Waals surface area contributed by atoms with Crippen LogP contribution in [-0.4, -0.2) is 56.7 Å². The Labute approximate surface area is 203 Å². The number of hydrazine groups is 1. The Morgan fingerprint density at radius 2 is 1.91 bits per heavy atom. The highest BCUT2D eigenvalue weighted by Crippen LogP contribution is 2.33. The molecule has 5 unspecified atom stereocenters. The normalized spacial score (nSPS) is 36.0. The van der Waals surface area contributed by atoms with Gasteiger partial charge in [-0.2, -0.15) is 5.48 Å². The number of carbonyl (C=O) groups is 2. The fourth-order valence-corrected chi connectivity index (χ4v) is 6.00. The van der Waals surface area contributed by atoms with Gasteiger partial charge in [0.25, 0.3) is 0 Å². The van der Waals surface area contributed by atoms with Crippen LogP contribution in [0.2, 0.25) is 0 Å². The smallest absolute Gasteiger partial charge is 0.237 e. The molecule has 4 rings (SSSR count). The van der Waals surface area contributed by atoms with Gasteiger partial charge in [-0.25, -0.2) is 5.43 Å². The minimum Gasteiger partial charge on any atom is -0.381 e. The van der Waals surface area contributed by atoms with Gasteiger partial charge in [0.05, 0.1) is 18.4 Å². The lowest BCUT2D eigenvalue weighted by atomic mass is 9.76. The summed E-state index contributed by atoms with van der Waals surface area (Å²) in [6.07, 6.45) is 12.6. The van der Waals surface area contributed by atoms with Gasteiger partial charge in [-0.1, -0.05) is 12.8 Å². The summed E-state index contributed by atoms with van der Waals surface area (Å²) in [5.41, 5.74) is 9.10. The molecule has 10 heteroatoms. The van der Waals surface area contributed by atoms with Gasteiger partial charge in [-0.15, -0.1) is 0 Å². The van der Waals surface area contributed by atoms with Gasteiger partial charge in [-0.05, 0) is 70.3 Å². The molecule has 2 saturated carbocycles. The molecule has 2 aliphatic heterocycles. The van der Waals surface area contributed by atoms with Crippen LogP contribution in [0.25, 0.3) is 0 Å². The number of ether oxygens (including phenoxy) is 1. The molecule has 0 spiro atoms. The zero-order chi connectivity index (χ0) is 23.8. The van der Waals surface area contributed by atoms with Crippen molar-refractivity contribution in [2.75, 3.05) is 20.2 Å². The highest BCUT2D eigenvalue weighted by atomic mass is 16.7. The molecule has 2 saturated heterocycles. The van der Waals surface area contributed by atoms with E-state index in [1.165, 1.54) is 6.42 Å². The summed E-state index contributed by atoms with van der Waals surface area (Å²) in [5.74, 6) is 1.28. The molecule has 4 aliphatic rings. The second-order valence-electron chi connectivity index (χ2n) is 10.4. The average molecular weight is 481 g/mol. The SMILES string of the molecule is COC1CCC(C2NOC(CCCC(=O)NCCCNC3NNC(=O)C4CCCCC34)N2)CC1. The Hall–Kier alpha value is -1.30. The topological polar surface area (TPSA) is 125 Å². The number of carbonyl (C=O) groups excluding carboxylic acids is 2. The van der Waals surface area contributed by atoms with E-state index in [1.807, 2.05) is 0 Å². The van der Waals surface area contributed by atoms with Crippen LogP contribution in [-0.2, 0) is 19.2 Å². The fraction of sp³-hybridized carbons (Fsp3) is 0.917. The summed E-state index contributed by atoms with van der Waals surface area (Å²) < 4.78 is 5.46. The van der Waals surface area contributed by atoms with Gasteiger partial charge in [0.2, 0.25) is 11.8 Å². The molecule has 0 aromatic heterocycles. The van der Waals surface area contributed by atoms with Crippen molar-refractivity contribution in [3.05, 3.63) is 0 Å². The van der Waals surface area contributed by atoms with E-state index in [0.717, 1.165) is 70.8 Å².